The number of thiophene rings is 1. The summed E-state index contributed by atoms with van der Waals surface area (Å²) in [5, 5.41) is 8.64. The van der Waals surface area contributed by atoms with E-state index in [2.05, 4.69) is 10.4 Å². The molecular formula is C19H12Cl2FN3OS. The zero-order valence-electron chi connectivity index (χ0n) is 13.7. The standard InChI is InChI=1S/C19H12Cl2FN3OS/c20-15-7-12(22)6-5-11(15)9-25-10-13(8-23-25)24-19(26)18-17(21)14-3-1-2-4-16(14)27-18/h1-8,10H,9H2,(H,24,26). The van der Waals surface area contributed by atoms with Gasteiger partial charge in [0, 0.05) is 21.3 Å². The molecule has 0 spiro atoms. The van der Waals surface area contributed by atoms with Crippen LogP contribution in [-0.2, 0) is 6.54 Å². The first kappa shape index (κ1) is 18.0. The fourth-order valence-electron chi connectivity index (χ4n) is 2.69. The normalized spacial score (nSPS) is 11.1. The number of rotatable bonds is 4. The lowest BCUT2D eigenvalue weighted by atomic mass is 10.2. The number of nitrogens with zero attached hydrogens (tertiary/aromatic N) is 2. The first-order chi connectivity index (χ1) is 13.0. The average Bonchev–Trinajstić information content (AvgIpc) is 3.22. The molecule has 2 aromatic carbocycles. The van der Waals surface area contributed by atoms with Crippen molar-refractivity contribution in [3.63, 3.8) is 0 Å². The number of benzene rings is 2. The molecule has 4 rings (SSSR count). The highest BCUT2D eigenvalue weighted by Crippen LogP contribution is 2.35. The number of fused-ring (bicyclic) bond motifs is 1. The summed E-state index contributed by atoms with van der Waals surface area (Å²) >= 11 is 13.7. The van der Waals surface area contributed by atoms with E-state index in [-0.39, 0.29) is 5.91 Å². The van der Waals surface area contributed by atoms with E-state index in [1.165, 1.54) is 29.7 Å². The summed E-state index contributed by atoms with van der Waals surface area (Å²) in [7, 11) is 0. The highest BCUT2D eigenvalue weighted by atomic mass is 35.5. The Balaban J connectivity index is 1.51. The van der Waals surface area contributed by atoms with Crippen molar-refractivity contribution >= 4 is 56.2 Å². The third kappa shape index (κ3) is 3.69. The number of carbonyl (C=O) groups is 1. The largest absolute Gasteiger partial charge is 0.319 e. The van der Waals surface area contributed by atoms with Crippen molar-refractivity contribution in [1.29, 1.82) is 0 Å². The molecule has 1 N–H and O–H groups in total. The van der Waals surface area contributed by atoms with Crippen molar-refractivity contribution in [3.05, 3.63) is 81.2 Å². The van der Waals surface area contributed by atoms with Gasteiger partial charge in [-0.25, -0.2) is 4.39 Å². The number of hydrogen-bond acceptors (Lipinski definition) is 3. The Morgan fingerprint density at radius 2 is 2.04 bits per heavy atom. The smallest absolute Gasteiger partial charge is 0.267 e. The molecule has 0 bridgehead atoms. The molecule has 0 radical (unpaired) electrons. The zero-order chi connectivity index (χ0) is 19.0. The van der Waals surface area contributed by atoms with Crippen molar-refractivity contribution in [3.8, 4) is 0 Å². The van der Waals surface area contributed by atoms with Crippen LogP contribution in [0.5, 0.6) is 0 Å². The highest BCUT2D eigenvalue weighted by Gasteiger charge is 2.17. The summed E-state index contributed by atoms with van der Waals surface area (Å²) in [4.78, 5) is 13.0. The molecule has 136 valence electrons. The number of aromatic nitrogens is 2. The van der Waals surface area contributed by atoms with Crippen molar-refractivity contribution in [2.45, 2.75) is 6.54 Å². The van der Waals surface area contributed by atoms with Crippen LogP contribution in [0, 0.1) is 5.82 Å². The van der Waals surface area contributed by atoms with E-state index in [9.17, 15) is 9.18 Å². The van der Waals surface area contributed by atoms with E-state index >= 15 is 0 Å². The molecule has 4 aromatic rings. The van der Waals surface area contributed by atoms with Crippen LogP contribution in [0.15, 0.2) is 54.9 Å². The summed E-state index contributed by atoms with van der Waals surface area (Å²) in [5.41, 5.74) is 1.26. The minimum absolute atomic E-state index is 0.291. The van der Waals surface area contributed by atoms with Crippen LogP contribution >= 0.6 is 34.5 Å². The van der Waals surface area contributed by atoms with Crippen LogP contribution in [0.1, 0.15) is 15.2 Å². The summed E-state index contributed by atoms with van der Waals surface area (Å²) in [6.07, 6.45) is 3.22. The van der Waals surface area contributed by atoms with Crippen LogP contribution in [0.2, 0.25) is 10.0 Å². The monoisotopic (exact) mass is 419 g/mol. The van der Waals surface area contributed by atoms with Gasteiger partial charge in [0.1, 0.15) is 10.7 Å². The summed E-state index contributed by atoms with van der Waals surface area (Å²) < 4.78 is 15.7. The summed E-state index contributed by atoms with van der Waals surface area (Å²) in [5.74, 6) is -0.682. The van der Waals surface area contributed by atoms with E-state index in [0.29, 0.717) is 27.2 Å². The molecule has 0 fully saturated rings. The number of carbonyl (C=O) groups excluding carboxylic acids is 1. The second-order valence-corrected chi connectivity index (χ2v) is 7.70. The van der Waals surface area contributed by atoms with Crippen molar-refractivity contribution < 1.29 is 9.18 Å². The van der Waals surface area contributed by atoms with Gasteiger partial charge >= 0.3 is 0 Å². The maximum absolute atomic E-state index is 13.1. The van der Waals surface area contributed by atoms with Crippen LogP contribution in [0.4, 0.5) is 10.1 Å². The molecular weight excluding hydrogens is 408 g/mol. The van der Waals surface area contributed by atoms with Crippen LogP contribution in [0.25, 0.3) is 10.1 Å². The molecule has 1 amide bonds. The zero-order valence-corrected chi connectivity index (χ0v) is 16.1. The predicted molar refractivity (Wildman–Crippen MR) is 108 cm³/mol. The molecule has 4 nitrogen and oxygen atoms in total. The minimum atomic E-state index is -0.391. The molecule has 0 saturated heterocycles. The highest BCUT2D eigenvalue weighted by molar-refractivity contribution is 7.21. The fraction of sp³-hybridized carbons (Fsp3) is 0.0526. The van der Waals surface area contributed by atoms with Gasteiger partial charge in [-0.05, 0) is 23.8 Å². The number of hydrogen-bond donors (Lipinski definition) is 1. The lowest BCUT2D eigenvalue weighted by molar-refractivity contribution is 0.103. The molecule has 0 aliphatic heterocycles. The maximum Gasteiger partial charge on any atom is 0.267 e. The fourth-order valence-corrected chi connectivity index (χ4v) is 4.33. The molecule has 27 heavy (non-hydrogen) atoms. The molecule has 0 aliphatic rings. The lowest BCUT2D eigenvalue weighted by Gasteiger charge is -2.04. The van der Waals surface area contributed by atoms with E-state index in [1.54, 1.807) is 16.9 Å². The third-order valence-electron chi connectivity index (χ3n) is 3.98. The third-order valence-corrected chi connectivity index (χ3v) is 6.01. The maximum atomic E-state index is 13.1. The summed E-state index contributed by atoms with van der Waals surface area (Å²) in [6, 6.07) is 11.8. The average molecular weight is 420 g/mol. The first-order valence-corrected chi connectivity index (χ1v) is 9.53. The molecule has 0 unspecified atom stereocenters. The minimum Gasteiger partial charge on any atom is -0.319 e. The van der Waals surface area contributed by atoms with Crippen LogP contribution in [-0.4, -0.2) is 15.7 Å². The van der Waals surface area contributed by atoms with Crippen LogP contribution in [0.3, 0.4) is 0 Å². The van der Waals surface area contributed by atoms with E-state index in [0.717, 1.165) is 15.6 Å². The lowest BCUT2D eigenvalue weighted by Crippen LogP contribution is -2.10. The first-order valence-electron chi connectivity index (χ1n) is 7.96. The second kappa shape index (κ2) is 7.31. The Bertz CT molecular complexity index is 1160. The van der Waals surface area contributed by atoms with Gasteiger partial charge in [-0.1, -0.05) is 47.5 Å². The number of nitrogens with one attached hydrogen (secondary N) is 1. The van der Waals surface area contributed by atoms with Crippen molar-refractivity contribution in [2.24, 2.45) is 0 Å². The molecule has 8 heteroatoms. The van der Waals surface area contributed by atoms with E-state index < -0.39 is 5.82 Å². The van der Waals surface area contributed by atoms with Gasteiger partial charge in [-0.15, -0.1) is 11.3 Å². The van der Waals surface area contributed by atoms with Gasteiger partial charge in [-0.2, -0.15) is 5.10 Å². The number of halogens is 3. The van der Waals surface area contributed by atoms with Crippen molar-refractivity contribution in [2.75, 3.05) is 5.32 Å². The molecule has 2 heterocycles. The summed E-state index contributed by atoms with van der Waals surface area (Å²) in [6.45, 7) is 0.360. The van der Waals surface area contributed by atoms with Gasteiger partial charge in [0.05, 0.1) is 23.5 Å². The van der Waals surface area contributed by atoms with Gasteiger partial charge in [0.15, 0.2) is 0 Å². The Morgan fingerprint density at radius 1 is 1.22 bits per heavy atom. The van der Waals surface area contributed by atoms with Crippen molar-refractivity contribution in [1.82, 2.24) is 9.78 Å². The van der Waals surface area contributed by atoms with Gasteiger partial charge in [0.25, 0.3) is 5.91 Å². The number of anilines is 1. The Hall–Kier alpha value is -2.41. The van der Waals surface area contributed by atoms with Gasteiger partial charge < -0.3 is 5.32 Å². The van der Waals surface area contributed by atoms with Gasteiger partial charge in [-0.3, -0.25) is 9.48 Å². The molecule has 0 aliphatic carbocycles. The molecule has 0 atom stereocenters. The van der Waals surface area contributed by atoms with Crippen LogP contribution < -0.4 is 5.32 Å². The number of amides is 1. The SMILES string of the molecule is O=C(Nc1cnn(Cc2ccc(F)cc2Cl)c1)c1sc2ccccc2c1Cl. The Kier molecular flexibility index (Phi) is 4.86. The Morgan fingerprint density at radius 3 is 2.81 bits per heavy atom. The van der Waals surface area contributed by atoms with E-state index in [4.69, 9.17) is 23.2 Å². The topological polar surface area (TPSA) is 46.9 Å². The Labute approximate surface area is 168 Å². The predicted octanol–water partition coefficient (Wildman–Crippen LogP) is 5.84. The molecule has 2 aromatic heterocycles. The molecule has 0 saturated carbocycles. The quantitative estimate of drug-likeness (QED) is 0.451. The van der Waals surface area contributed by atoms with E-state index in [1.807, 2.05) is 24.3 Å². The second-order valence-electron chi connectivity index (χ2n) is 5.86. The van der Waals surface area contributed by atoms with Gasteiger partial charge in [0.2, 0.25) is 0 Å².